The summed E-state index contributed by atoms with van der Waals surface area (Å²) < 4.78 is 13.5. The second-order valence-electron chi connectivity index (χ2n) is 4.92. The van der Waals surface area contributed by atoms with Crippen molar-refractivity contribution in [2.24, 2.45) is 0 Å². The molecule has 0 heterocycles. The molecule has 12 nitrogen and oxygen atoms in total. The van der Waals surface area contributed by atoms with E-state index in [2.05, 4.69) is 33.8 Å². The quantitative estimate of drug-likeness (QED) is 0.217. The third-order valence-corrected chi connectivity index (χ3v) is 2.13. The van der Waals surface area contributed by atoms with E-state index in [4.69, 9.17) is 5.11 Å². The zero-order valence-corrected chi connectivity index (χ0v) is 15.8. The van der Waals surface area contributed by atoms with E-state index < -0.39 is 24.6 Å². The average Bonchev–Trinajstić information content (AvgIpc) is 2.58. The highest BCUT2D eigenvalue weighted by Crippen LogP contribution is 1.96. The standard InChI is InChI=1S/C10H18O6.C5H8O6/c1-3-5-7-13-9(11)15-16-10(12)14-8-6-4-2;1-3(2)9-5(8)11-10-4(6)7/h3-8H2,1-2H3;3H,1-2H3,(H,6,7). The highest BCUT2D eigenvalue weighted by molar-refractivity contribution is 5.63. The minimum atomic E-state index is -1.70. The molecule has 0 saturated carbocycles. The zero-order valence-electron chi connectivity index (χ0n) is 15.8. The zero-order chi connectivity index (χ0) is 21.1. The summed E-state index contributed by atoms with van der Waals surface area (Å²) in [5, 5.41) is 7.84. The van der Waals surface area contributed by atoms with Gasteiger partial charge in [0.1, 0.15) is 0 Å². The Hall–Kier alpha value is -2.92. The Bertz CT molecular complexity index is 413. The number of carbonyl (C=O) groups is 4. The first-order valence-electron chi connectivity index (χ1n) is 8.18. The number of hydrogen-bond donors (Lipinski definition) is 1. The molecule has 0 fully saturated rings. The number of carboxylic acid groups (broad SMARTS) is 1. The van der Waals surface area contributed by atoms with Gasteiger partial charge in [0.05, 0.1) is 19.3 Å². The first-order valence-corrected chi connectivity index (χ1v) is 8.18. The van der Waals surface area contributed by atoms with Gasteiger partial charge in [-0.2, -0.15) is 29.0 Å². The molecule has 0 amide bonds. The van der Waals surface area contributed by atoms with Crippen LogP contribution in [0.5, 0.6) is 0 Å². The van der Waals surface area contributed by atoms with Gasteiger partial charge < -0.3 is 19.3 Å². The molecule has 0 aromatic carbocycles. The second kappa shape index (κ2) is 17.9. The van der Waals surface area contributed by atoms with Crippen LogP contribution in [0.25, 0.3) is 0 Å². The number of ether oxygens (including phenoxy) is 3. The van der Waals surface area contributed by atoms with E-state index in [1.165, 1.54) is 0 Å². The fourth-order valence-electron chi connectivity index (χ4n) is 0.998. The van der Waals surface area contributed by atoms with Crippen LogP contribution in [0.1, 0.15) is 53.4 Å². The molecule has 12 heteroatoms. The van der Waals surface area contributed by atoms with Crippen LogP contribution >= 0.6 is 0 Å². The van der Waals surface area contributed by atoms with Crippen molar-refractivity contribution in [1.82, 2.24) is 0 Å². The van der Waals surface area contributed by atoms with Crippen molar-refractivity contribution in [3.8, 4) is 0 Å². The second-order valence-corrected chi connectivity index (χ2v) is 4.92. The maximum atomic E-state index is 10.8. The molecule has 27 heavy (non-hydrogen) atoms. The Balaban J connectivity index is 0. The first kappa shape index (κ1) is 26.3. The summed E-state index contributed by atoms with van der Waals surface area (Å²) in [5.74, 6) is 0. The molecule has 0 aromatic heterocycles. The lowest BCUT2D eigenvalue weighted by Gasteiger charge is -2.04. The molecule has 0 radical (unpaired) electrons. The number of unbranched alkanes of at least 4 members (excludes halogenated alkanes) is 2. The lowest BCUT2D eigenvalue weighted by molar-refractivity contribution is -0.217. The van der Waals surface area contributed by atoms with Crippen LogP contribution in [-0.2, 0) is 33.8 Å². The third kappa shape index (κ3) is 23.1. The Morgan fingerprint density at radius 2 is 1.15 bits per heavy atom. The van der Waals surface area contributed by atoms with E-state index in [0.717, 1.165) is 25.7 Å². The van der Waals surface area contributed by atoms with Crippen LogP contribution in [0.2, 0.25) is 0 Å². The highest BCUT2D eigenvalue weighted by atomic mass is 17.3. The van der Waals surface area contributed by atoms with Gasteiger partial charge in [-0.25, -0.2) is 9.68 Å². The van der Waals surface area contributed by atoms with Gasteiger partial charge in [-0.3, -0.25) is 0 Å². The summed E-state index contributed by atoms with van der Waals surface area (Å²) in [5.41, 5.74) is 0. The summed E-state index contributed by atoms with van der Waals surface area (Å²) in [4.78, 5) is 56.7. The van der Waals surface area contributed by atoms with Gasteiger partial charge >= 0.3 is 24.6 Å². The van der Waals surface area contributed by atoms with Crippen LogP contribution in [0.3, 0.4) is 0 Å². The van der Waals surface area contributed by atoms with Crippen molar-refractivity contribution in [1.29, 1.82) is 0 Å². The lowest BCUT2D eigenvalue weighted by atomic mass is 10.4. The van der Waals surface area contributed by atoms with Crippen LogP contribution in [-0.4, -0.2) is 49.0 Å². The van der Waals surface area contributed by atoms with E-state index in [1.54, 1.807) is 13.8 Å². The molecule has 0 aromatic rings. The largest absolute Gasteiger partial charge is 0.550 e. The molecule has 158 valence electrons. The van der Waals surface area contributed by atoms with Gasteiger partial charge in [-0.15, -0.1) is 0 Å². The van der Waals surface area contributed by atoms with Crippen LogP contribution in [0.15, 0.2) is 0 Å². The molecule has 1 N–H and O–H groups in total. The van der Waals surface area contributed by atoms with Gasteiger partial charge in [0, 0.05) is 0 Å². The minimum absolute atomic E-state index is 0.240. The number of carbonyl (C=O) groups excluding carboxylic acids is 3. The van der Waals surface area contributed by atoms with Gasteiger partial charge in [-0.1, -0.05) is 26.7 Å². The lowest BCUT2D eigenvalue weighted by Crippen LogP contribution is -2.15. The summed E-state index contributed by atoms with van der Waals surface area (Å²) in [7, 11) is 0. The predicted octanol–water partition coefficient (Wildman–Crippen LogP) is 3.97. The number of rotatable bonds is 7. The number of hydrogen-bond acceptors (Lipinski definition) is 11. The molecular weight excluding hydrogens is 372 g/mol. The first-order chi connectivity index (χ1) is 12.7. The fraction of sp³-hybridized carbons (Fsp3) is 0.733. The van der Waals surface area contributed by atoms with Gasteiger partial charge in [0.25, 0.3) is 0 Å². The topological polar surface area (TPSA) is 153 Å². The molecule has 0 unspecified atom stereocenters. The van der Waals surface area contributed by atoms with E-state index >= 15 is 0 Å². The minimum Gasteiger partial charge on any atom is -0.447 e. The summed E-state index contributed by atoms with van der Waals surface area (Å²) in [6, 6.07) is 0. The summed E-state index contributed by atoms with van der Waals surface area (Å²) in [6.07, 6.45) is -2.08. The van der Waals surface area contributed by atoms with E-state index in [9.17, 15) is 19.2 Å². The van der Waals surface area contributed by atoms with Crippen molar-refractivity contribution in [2.45, 2.75) is 59.5 Å². The van der Waals surface area contributed by atoms with Crippen LogP contribution < -0.4 is 0 Å². The van der Waals surface area contributed by atoms with Crippen molar-refractivity contribution in [2.75, 3.05) is 13.2 Å². The van der Waals surface area contributed by atoms with Crippen molar-refractivity contribution < 1.29 is 58.0 Å². The maximum absolute atomic E-state index is 10.8. The van der Waals surface area contributed by atoms with Gasteiger partial charge in [-0.05, 0) is 26.7 Å². The van der Waals surface area contributed by atoms with E-state index in [1.807, 2.05) is 13.8 Å². The fourth-order valence-corrected chi connectivity index (χ4v) is 0.998. The van der Waals surface area contributed by atoms with Crippen LogP contribution in [0.4, 0.5) is 19.2 Å². The molecule has 0 saturated heterocycles. The summed E-state index contributed by atoms with van der Waals surface area (Å²) >= 11 is 0. The average molecular weight is 398 g/mol. The Kier molecular flexibility index (Phi) is 17.4. The smallest absolute Gasteiger partial charge is 0.447 e. The SMILES string of the molecule is CC(C)OC(=O)OOC(=O)O.CCCCOC(=O)OOC(=O)OCCCC. The molecule has 0 rings (SSSR count). The van der Waals surface area contributed by atoms with Crippen molar-refractivity contribution in [3.63, 3.8) is 0 Å². The molecule has 0 aliphatic carbocycles. The molecule has 0 aliphatic heterocycles. The van der Waals surface area contributed by atoms with Gasteiger partial charge in [0.15, 0.2) is 0 Å². The predicted molar refractivity (Wildman–Crippen MR) is 86.5 cm³/mol. The summed E-state index contributed by atoms with van der Waals surface area (Å²) in [6.45, 7) is 7.56. The molecule has 0 bridgehead atoms. The van der Waals surface area contributed by atoms with Crippen LogP contribution in [0, 0.1) is 0 Å². The Morgan fingerprint density at radius 1 is 0.741 bits per heavy atom. The molecule has 0 aliphatic rings. The van der Waals surface area contributed by atoms with E-state index in [-0.39, 0.29) is 19.3 Å². The van der Waals surface area contributed by atoms with E-state index in [0.29, 0.717) is 0 Å². The Morgan fingerprint density at radius 3 is 1.48 bits per heavy atom. The molecular formula is C15H26O12. The highest BCUT2D eigenvalue weighted by Gasteiger charge is 2.11. The van der Waals surface area contributed by atoms with Crippen molar-refractivity contribution >= 4 is 24.6 Å². The molecule has 0 atom stereocenters. The Labute approximate surface area is 156 Å². The third-order valence-electron chi connectivity index (χ3n) is 2.13. The normalized spacial score (nSPS) is 9.22. The maximum Gasteiger partial charge on any atom is 0.550 e. The molecule has 0 spiro atoms. The van der Waals surface area contributed by atoms with Gasteiger partial charge in [0.2, 0.25) is 0 Å². The monoisotopic (exact) mass is 398 g/mol. The van der Waals surface area contributed by atoms with Crippen molar-refractivity contribution in [3.05, 3.63) is 0 Å².